The topological polar surface area (TPSA) is 55.1 Å². The summed E-state index contributed by atoms with van der Waals surface area (Å²) in [5, 5.41) is 6.69. The van der Waals surface area contributed by atoms with Gasteiger partial charge in [0.05, 0.1) is 0 Å². The first-order chi connectivity index (χ1) is 9.86. The number of carbonyl (C=O) groups excluding carboxylic acids is 1. The lowest BCUT2D eigenvalue weighted by molar-refractivity contribution is -0.116. The average Bonchev–Trinajstić information content (AvgIpc) is 2.88. The van der Waals surface area contributed by atoms with Crippen molar-refractivity contribution in [3.8, 4) is 0 Å². The molecule has 0 aliphatic rings. The Labute approximate surface area is 125 Å². The summed E-state index contributed by atoms with van der Waals surface area (Å²) in [6.07, 6.45) is 0.418. The highest BCUT2D eigenvalue weighted by Crippen LogP contribution is 2.25. The third kappa shape index (κ3) is 4.18. The molecule has 4 heteroatoms. The van der Waals surface area contributed by atoms with Gasteiger partial charge in [0.2, 0.25) is 5.91 Å². The van der Waals surface area contributed by atoms with Crippen LogP contribution in [-0.4, -0.2) is 11.1 Å². The highest BCUT2D eigenvalue weighted by atomic mass is 16.5. The maximum absolute atomic E-state index is 12.1. The Hall–Kier alpha value is -2.10. The van der Waals surface area contributed by atoms with Gasteiger partial charge < -0.3 is 9.84 Å². The number of carbonyl (C=O) groups is 1. The van der Waals surface area contributed by atoms with Gasteiger partial charge in [0.25, 0.3) is 0 Å². The molecule has 112 valence electrons. The smallest absolute Gasteiger partial charge is 0.226 e. The van der Waals surface area contributed by atoms with Crippen LogP contribution in [0.3, 0.4) is 0 Å². The van der Waals surface area contributed by atoms with Gasteiger partial charge in [0.1, 0.15) is 5.76 Å². The van der Waals surface area contributed by atoms with E-state index < -0.39 is 0 Å². The zero-order valence-corrected chi connectivity index (χ0v) is 13.0. The van der Waals surface area contributed by atoms with E-state index in [9.17, 15) is 4.79 Å². The highest BCUT2D eigenvalue weighted by molar-refractivity contribution is 5.90. The van der Waals surface area contributed by atoms with E-state index >= 15 is 0 Å². The summed E-state index contributed by atoms with van der Waals surface area (Å²) in [5.41, 5.74) is 1.04. The van der Waals surface area contributed by atoms with Gasteiger partial charge >= 0.3 is 0 Å². The summed E-state index contributed by atoms with van der Waals surface area (Å²) in [7, 11) is 0. The van der Waals surface area contributed by atoms with E-state index in [1.165, 1.54) is 0 Å². The fourth-order valence-corrected chi connectivity index (χ4v) is 2.06. The van der Waals surface area contributed by atoms with Crippen LogP contribution in [0.2, 0.25) is 0 Å². The lowest BCUT2D eigenvalue weighted by Gasteiger charge is -2.12. The van der Waals surface area contributed by atoms with Crippen LogP contribution >= 0.6 is 0 Å². The van der Waals surface area contributed by atoms with Gasteiger partial charge in [0, 0.05) is 17.9 Å². The second-order valence-corrected chi connectivity index (χ2v) is 6.39. The minimum absolute atomic E-state index is 0.0555. The molecule has 4 nitrogen and oxygen atoms in total. The molecule has 0 fully saturated rings. The van der Waals surface area contributed by atoms with E-state index in [1.807, 2.05) is 58.0 Å². The Kier molecular flexibility index (Phi) is 4.46. The lowest BCUT2D eigenvalue weighted by atomic mass is 9.93. The van der Waals surface area contributed by atoms with Crippen molar-refractivity contribution in [2.45, 2.75) is 45.4 Å². The van der Waals surface area contributed by atoms with Crippen molar-refractivity contribution in [1.82, 2.24) is 5.16 Å². The first-order valence-electron chi connectivity index (χ1n) is 7.18. The predicted molar refractivity (Wildman–Crippen MR) is 83.3 cm³/mol. The van der Waals surface area contributed by atoms with Gasteiger partial charge in [-0.3, -0.25) is 4.79 Å². The molecule has 0 spiro atoms. The second kappa shape index (κ2) is 6.12. The van der Waals surface area contributed by atoms with Gasteiger partial charge in [-0.05, 0) is 11.5 Å². The summed E-state index contributed by atoms with van der Waals surface area (Å²) in [6, 6.07) is 11.8. The molecule has 1 unspecified atom stereocenters. The highest BCUT2D eigenvalue weighted by Gasteiger charge is 2.20. The molecule has 0 aliphatic heterocycles. The van der Waals surface area contributed by atoms with Crippen molar-refractivity contribution < 1.29 is 9.32 Å². The first kappa shape index (κ1) is 15.3. The van der Waals surface area contributed by atoms with Crippen LogP contribution < -0.4 is 5.32 Å². The number of nitrogens with zero attached hydrogens (tertiary/aromatic N) is 1. The first-order valence-corrected chi connectivity index (χ1v) is 7.18. The minimum Gasteiger partial charge on any atom is -0.359 e. The fraction of sp³-hybridized carbons (Fsp3) is 0.412. The van der Waals surface area contributed by atoms with Crippen LogP contribution in [0.1, 0.15) is 51.4 Å². The molecule has 0 aliphatic carbocycles. The van der Waals surface area contributed by atoms with Crippen molar-refractivity contribution in [2.24, 2.45) is 0 Å². The van der Waals surface area contributed by atoms with Gasteiger partial charge in [-0.15, -0.1) is 0 Å². The zero-order valence-electron chi connectivity index (χ0n) is 13.0. The summed E-state index contributed by atoms with van der Waals surface area (Å²) < 4.78 is 5.25. The summed E-state index contributed by atoms with van der Waals surface area (Å²) in [6.45, 7) is 8.15. The fourth-order valence-electron chi connectivity index (χ4n) is 2.06. The number of amides is 1. The summed E-state index contributed by atoms with van der Waals surface area (Å²) in [4.78, 5) is 12.1. The summed E-state index contributed by atoms with van der Waals surface area (Å²) >= 11 is 0. The predicted octanol–water partition coefficient (Wildman–Crippen LogP) is 4.10. The van der Waals surface area contributed by atoms with Crippen LogP contribution in [0.4, 0.5) is 5.82 Å². The average molecular weight is 286 g/mol. The molecule has 1 N–H and O–H groups in total. The van der Waals surface area contributed by atoms with Crippen LogP contribution in [0, 0.1) is 0 Å². The molecule has 1 atom stereocenters. The van der Waals surface area contributed by atoms with Crippen molar-refractivity contribution >= 4 is 11.7 Å². The Bertz CT molecular complexity index is 597. The molecular formula is C17H22N2O2. The molecule has 2 aromatic rings. The molecular weight excluding hydrogens is 264 g/mol. The van der Waals surface area contributed by atoms with Crippen molar-refractivity contribution in [3.63, 3.8) is 0 Å². The molecule has 0 saturated heterocycles. The second-order valence-electron chi connectivity index (χ2n) is 6.39. The molecule has 21 heavy (non-hydrogen) atoms. The number of hydrogen-bond donors (Lipinski definition) is 1. The molecule has 1 heterocycles. The van der Waals surface area contributed by atoms with Crippen LogP contribution in [-0.2, 0) is 10.2 Å². The van der Waals surface area contributed by atoms with E-state index in [-0.39, 0.29) is 17.2 Å². The SMILES string of the molecule is CC(CC(=O)Nc1cc(C(C)(C)C)on1)c1ccccc1. The number of aromatic nitrogens is 1. The number of nitrogens with one attached hydrogen (secondary N) is 1. The van der Waals surface area contributed by atoms with E-state index in [2.05, 4.69) is 10.5 Å². The van der Waals surface area contributed by atoms with Crippen molar-refractivity contribution in [1.29, 1.82) is 0 Å². The normalized spacial score (nSPS) is 13.0. The van der Waals surface area contributed by atoms with E-state index in [0.717, 1.165) is 11.3 Å². The van der Waals surface area contributed by atoms with Gasteiger partial charge in [0.15, 0.2) is 5.82 Å². The van der Waals surface area contributed by atoms with Crippen LogP contribution in [0.5, 0.6) is 0 Å². The number of rotatable bonds is 4. The monoisotopic (exact) mass is 286 g/mol. The van der Waals surface area contributed by atoms with Gasteiger partial charge in [-0.1, -0.05) is 63.2 Å². The Morgan fingerprint density at radius 1 is 1.29 bits per heavy atom. The maximum atomic E-state index is 12.1. The molecule has 0 bridgehead atoms. The van der Waals surface area contributed by atoms with E-state index in [1.54, 1.807) is 6.07 Å². The molecule has 1 aromatic heterocycles. The van der Waals surface area contributed by atoms with Gasteiger partial charge in [-0.25, -0.2) is 0 Å². The summed E-state index contributed by atoms with van der Waals surface area (Å²) in [5.74, 6) is 1.35. The Balaban J connectivity index is 1.94. The maximum Gasteiger partial charge on any atom is 0.226 e. The lowest BCUT2D eigenvalue weighted by Crippen LogP contribution is -2.14. The van der Waals surface area contributed by atoms with Gasteiger partial charge in [-0.2, -0.15) is 0 Å². The Morgan fingerprint density at radius 3 is 2.52 bits per heavy atom. The molecule has 0 saturated carbocycles. The number of benzene rings is 1. The van der Waals surface area contributed by atoms with E-state index in [4.69, 9.17) is 4.52 Å². The Morgan fingerprint density at radius 2 is 1.95 bits per heavy atom. The van der Waals surface area contributed by atoms with E-state index in [0.29, 0.717) is 12.2 Å². The third-order valence-electron chi connectivity index (χ3n) is 3.38. The molecule has 0 radical (unpaired) electrons. The van der Waals surface area contributed by atoms with Crippen LogP contribution in [0.15, 0.2) is 40.9 Å². The largest absolute Gasteiger partial charge is 0.359 e. The third-order valence-corrected chi connectivity index (χ3v) is 3.38. The van der Waals surface area contributed by atoms with Crippen LogP contribution in [0.25, 0.3) is 0 Å². The molecule has 1 aromatic carbocycles. The van der Waals surface area contributed by atoms with Crippen molar-refractivity contribution in [2.75, 3.05) is 5.32 Å². The van der Waals surface area contributed by atoms with Crippen molar-refractivity contribution in [3.05, 3.63) is 47.7 Å². The molecule has 1 amide bonds. The molecule has 2 rings (SSSR count). The standard InChI is InChI=1S/C17H22N2O2/c1-12(13-8-6-5-7-9-13)10-16(20)18-15-11-14(21-19-15)17(2,3)4/h5-9,11-12H,10H2,1-4H3,(H,18,19,20). The minimum atomic E-state index is -0.118. The number of hydrogen-bond acceptors (Lipinski definition) is 3. The number of anilines is 1. The quantitative estimate of drug-likeness (QED) is 0.920. The zero-order chi connectivity index (χ0) is 15.5.